The third-order valence-corrected chi connectivity index (χ3v) is 3.17. The van der Waals surface area contributed by atoms with Gasteiger partial charge in [0.25, 0.3) is 0 Å². The third kappa shape index (κ3) is 5.55. The SMILES string of the molecule is CC(CCC(=O)O)CNC(=O)C(C)c1ccccc1. The van der Waals surface area contributed by atoms with Crippen LogP contribution in [0.15, 0.2) is 30.3 Å². The van der Waals surface area contributed by atoms with Gasteiger partial charge in [0.1, 0.15) is 0 Å². The van der Waals surface area contributed by atoms with Crippen molar-refractivity contribution in [3.8, 4) is 0 Å². The normalized spacial score (nSPS) is 13.6. The number of carboxylic acids is 1. The molecule has 0 aliphatic carbocycles. The van der Waals surface area contributed by atoms with Crippen LogP contribution < -0.4 is 5.32 Å². The lowest BCUT2D eigenvalue weighted by atomic mass is 10.00. The Labute approximate surface area is 113 Å². The third-order valence-electron chi connectivity index (χ3n) is 3.17. The molecule has 0 saturated heterocycles. The van der Waals surface area contributed by atoms with Crippen LogP contribution in [-0.2, 0) is 9.59 Å². The second-order valence-electron chi connectivity index (χ2n) is 4.92. The monoisotopic (exact) mass is 263 g/mol. The minimum atomic E-state index is -0.796. The van der Waals surface area contributed by atoms with Gasteiger partial charge >= 0.3 is 5.97 Å². The molecule has 0 aromatic heterocycles. The zero-order valence-corrected chi connectivity index (χ0v) is 11.4. The maximum atomic E-state index is 12.0. The Morgan fingerprint density at radius 2 is 1.84 bits per heavy atom. The van der Waals surface area contributed by atoms with Crippen molar-refractivity contribution >= 4 is 11.9 Å². The Morgan fingerprint density at radius 3 is 2.42 bits per heavy atom. The van der Waals surface area contributed by atoms with Gasteiger partial charge in [0.05, 0.1) is 5.92 Å². The molecule has 0 bridgehead atoms. The fraction of sp³-hybridized carbons (Fsp3) is 0.467. The minimum absolute atomic E-state index is 0.0200. The van der Waals surface area contributed by atoms with E-state index in [1.807, 2.05) is 44.2 Å². The fourth-order valence-electron chi connectivity index (χ4n) is 1.79. The summed E-state index contributed by atoms with van der Waals surface area (Å²) in [6, 6.07) is 9.60. The maximum absolute atomic E-state index is 12.0. The number of hydrogen-bond donors (Lipinski definition) is 2. The summed E-state index contributed by atoms with van der Waals surface area (Å²) in [4.78, 5) is 22.4. The molecule has 4 heteroatoms. The van der Waals surface area contributed by atoms with Crippen molar-refractivity contribution in [1.82, 2.24) is 5.32 Å². The van der Waals surface area contributed by atoms with Gasteiger partial charge in [-0.25, -0.2) is 0 Å². The molecule has 2 atom stereocenters. The van der Waals surface area contributed by atoms with E-state index in [9.17, 15) is 9.59 Å². The summed E-state index contributed by atoms with van der Waals surface area (Å²) in [5.41, 5.74) is 0.984. The molecule has 1 aromatic rings. The van der Waals surface area contributed by atoms with Gasteiger partial charge in [0.2, 0.25) is 5.91 Å². The van der Waals surface area contributed by atoms with Gasteiger partial charge in [-0.15, -0.1) is 0 Å². The molecule has 1 rings (SSSR count). The molecule has 2 unspecified atom stereocenters. The summed E-state index contributed by atoms with van der Waals surface area (Å²) in [5, 5.41) is 11.5. The molecule has 104 valence electrons. The topological polar surface area (TPSA) is 66.4 Å². The van der Waals surface area contributed by atoms with Gasteiger partial charge in [-0.05, 0) is 24.8 Å². The molecule has 1 amide bonds. The predicted molar refractivity (Wildman–Crippen MR) is 73.9 cm³/mol. The molecule has 19 heavy (non-hydrogen) atoms. The van der Waals surface area contributed by atoms with Crippen molar-refractivity contribution in [2.45, 2.75) is 32.6 Å². The molecule has 0 radical (unpaired) electrons. The molecule has 0 fully saturated rings. The summed E-state index contributed by atoms with van der Waals surface area (Å²) in [5.74, 6) is -0.833. The van der Waals surface area contributed by atoms with Crippen LogP contribution in [0.5, 0.6) is 0 Å². The Bertz CT molecular complexity index is 417. The van der Waals surface area contributed by atoms with Gasteiger partial charge in [-0.2, -0.15) is 0 Å². The van der Waals surface area contributed by atoms with Crippen LogP contribution in [0, 0.1) is 5.92 Å². The number of nitrogens with one attached hydrogen (secondary N) is 1. The molecular formula is C15H21NO3. The predicted octanol–water partition coefficient (Wildman–Crippen LogP) is 2.41. The first-order chi connectivity index (χ1) is 9.00. The summed E-state index contributed by atoms with van der Waals surface area (Å²) in [6.45, 7) is 4.33. The zero-order chi connectivity index (χ0) is 14.3. The van der Waals surface area contributed by atoms with E-state index in [0.29, 0.717) is 13.0 Å². The van der Waals surface area contributed by atoms with Gasteiger partial charge in [-0.3, -0.25) is 9.59 Å². The maximum Gasteiger partial charge on any atom is 0.303 e. The standard InChI is InChI=1S/C15H21NO3/c1-11(8-9-14(17)18)10-16-15(19)12(2)13-6-4-3-5-7-13/h3-7,11-12H,8-10H2,1-2H3,(H,16,19)(H,17,18). The lowest BCUT2D eigenvalue weighted by molar-refractivity contribution is -0.137. The fourth-order valence-corrected chi connectivity index (χ4v) is 1.79. The first kappa shape index (κ1) is 15.2. The lowest BCUT2D eigenvalue weighted by Crippen LogP contribution is -2.31. The highest BCUT2D eigenvalue weighted by Gasteiger charge is 2.15. The number of carbonyl (C=O) groups excluding carboxylic acids is 1. The molecule has 0 spiro atoms. The molecule has 0 aliphatic rings. The van der Waals surface area contributed by atoms with Crippen molar-refractivity contribution in [3.05, 3.63) is 35.9 Å². The molecule has 0 aliphatic heterocycles. The van der Waals surface area contributed by atoms with Gasteiger partial charge in [0, 0.05) is 13.0 Å². The summed E-state index contributed by atoms with van der Waals surface area (Å²) in [6.07, 6.45) is 0.723. The summed E-state index contributed by atoms with van der Waals surface area (Å²) in [7, 11) is 0. The van der Waals surface area contributed by atoms with Crippen LogP contribution in [0.3, 0.4) is 0 Å². The van der Waals surface area contributed by atoms with E-state index in [2.05, 4.69) is 5.32 Å². The van der Waals surface area contributed by atoms with Gasteiger partial charge in [0.15, 0.2) is 0 Å². The van der Waals surface area contributed by atoms with E-state index >= 15 is 0 Å². The van der Waals surface area contributed by atoms with Crippen LogP contribution in [0.25, 0.3) is 0 Å². The highest BCUT2D eigenvalue weighted by Crippen LogP contribution is 2.14. The van der Waals surface area contributed by atoms with E-state index in [0.717, 1.165) is 5.56 Å². The number of benzene rings is 1. The molecule has 0 saturated carbocycles. The second-order valence-corrected chi connectivity index (χ2v) is 4.92. The number of carbonyl (C=O) groups is 2. The Hall–Kier alpha value is -1.84. The van der Waals surface area contributed by atoms with Crippen molar-refractivity contribution in [1.29, 1.82) is 0 Å². The molecule has 2 N–H and O–H groups in total. The van der Waals surface area contributed by atoms with Crippen LogP contribution in [0.4, 0.5) is 0 Å². The summed E-state index contributed by atoms with van der Waals surface area (Å²) < 4.78 is 0. The molecule has 4 nitrogen and oxygen atoms in total. The second kappa shape index (κ2) is 7.56. The average molecular weight is 263 g/mol. The van der Waals surface area contributed by atoms with Gasteiger partial charge in [-0.1, -0.05) is 37.3 Å². The number of hydrogen-bond acceptors (Lipinski definition) is 2. The average Bonchev–Trinajstić information content (AvgIpc) is 2.42. The van der Waals surface area contributed by atoms with Crippen molar-refractivity contribution < 1.29 is 14.7 Å². The highest BCUT2D eigenvalue weighted by atomic mass is 16.4. The van der Waals surface area contributed by atoms with Gasteiger partial charge < -0.3 is 10.4 Å². The first-order valence-electron chi connectivity index (χ1n) is 6.55. The Morgan fingerprint density at radius 1 is 1.21 bits per heavy atom. The quantitative estimate of drug-likeness (QED) is 0.794. The smallest absolute Gasteiger partial charge is 0.303 e. The van der Waals surface area contributed by atoms with Crippen LogP contribution in [-0.4, -0.2) is 23.5 Å². The van der Waals surface area contributed by atoms with Crippen molar-refractivity contribution in [2.75, 3.05) is 6.54 Å². The number of carboxylic acid groups (broad SMARTS) is 1. The zero-order valence-electron chi connectivity index (χ0n) is 11.4. The van der Waals surface area contributed by atoms with E-state index in [1.54, 1.807) is 0 Å². The van der Waals surface area contributed by atoms with E-state index in [1.165, 1.54) is 0 Å². The molecular weight excluding hydrogens is 242 g/mol. The molecule has 1 aromatic carbocycles. The van der Waals surface area contributed by atoms with E-state index in [-0.39, 0.29) is 24.2 Å². The minimum Gasteiger partial charge on any atom is -0.481 e. The highest BCUT2D eigenvalue weighted by molar-refractivity contribution is 5.83. The largest absolute Gasteiger partial charge is 0.481 e. The number of aliphatic carboxylic acids is 1. The first-order valence-corrected chi connectivity index (χ1v) is 6.55. The summed E-state index contributed by atoms with van der Waals surface area (Å²) >= 11 is 0. The van der Waals surface area contributed by atoms with Crippen LogP contribution >= 0.6 is 0 Å². The van der Waals surface area contributed by atoms with Crippen LogP contribution in [0.1, 0.15) is 38.2 Å². The van der Waals surface area contributed by atoms with Crippen molar-refractivity contribution in [3.63, 3.8) is 0 Å². The van der Waals surface area contributed by atoms with Crippen LogP contribution in [0.2, 0.25) is 0 Å². The number of rotatable bonds is 7. The van der Waals surface area contributed by atoms with Crippen molar-refractivity contribution in [2.24, 2.45) is 5.92 Å². The Balaban J connectivity index is 2.37. The lowest BCUT2D eigenvalue weighted by Gasteiger charge is -2.15. The Kier molecular flexibility index (Phi) is 6.06. The van der Waals surface area contributed by atoms with E-state index in [4.69, 9.17) is 5.11 Å². The number of amides is 1. The van der Waals surface area contributed by atoms with E-state index < -0.39 is 5.97 Å². The molecule has 0 heterocycles.